The van der Waals surface area contributed by atoms with Crippen molar-refractivity contribution >= 4 is 11.0 Å². The Morgan fingerprint density at radius 3 is 2.78 bits per heavy atom. The number of pyridine rings is 2. The van der Waals surface area contributed by atoms with Crippen molar-refractivity contribution in [1.29, 1.82) is 0 Å². The Bertz CT molecular complexity index is 688. The minimum atomic E-state index is 0.128. The molecule has 3 heterocycles. The van der Waals surface area contributed by atoms with Gasteiger partial charge in [-0.25, -0.2) is 0 Å². The summed E-state index contributed by atoms with van der Waals surface area (Å²) in [6, 6.07) is 7.85. The SMILES string of the molecule is CC(c1cn(C)nn1)c1ccc2ncccc2n1. The second-order valence-corrected chi connectivity index (χ2v) is 4.32. The lowest BCUT2D eigenvalue weighted by molar-refractivity contribution is 0.711. The summed E-state index contributed by atoms with van der Waals surface area (Å²) in [6.45, 7) is 2.08. The first-order valence-corrected chi connectivity index (χ1v) is 5.82. The molecule has 0 aromatic carbocycles. The first kappa shape index (κ1) is 10.8. The molecule has 0 spiro atoms. The highest BCUT2D eigenvalue weighted by molar-refractivity contribution is 5.73. The molecule has 0 amide bonds. The third kappa shape index (κ3) is 1.84. The summed E-state index contributed by atoms with van der Waals surface area (Å²) in [5.74, 6) is 0.128. The summed E-state index contributed by atoms with van der Waals surface area (Å²) in [5.41, 5.74) is 3.72. The third-order valence-corrected chi connectivity index (χ3v) is 2.99. The molecule has 0 aliphatic rings. The molecule has 0 saturated heterocycles. The molecule has 1 unspecified atom stereocenters. The molecule has 0 bridgehead atoms. The van der Waals surface area contributed by atoms with Gasteiger partial charge in [0, 0.05) is 25.4 Å². The summed E-state index contributed by atoms with van der Waals surface area (Å²) in [4.78, 5) is 8.89. The Labute approximate surface area is 104 Å². The van der Waals surface area contributed by atoms with Gasteiger partial charge >= 0.3 is 0 Å². The lowest BCUT2D eigenvalue weighted by atomic mass is 10.0. The predicted molar refractivity (Wildman–Crippen MR) is 68.1 cm³/mol. The number of fused-ring (bicyclic) bond motifs is 1. The van der Waals surface area contributed by atoms with Gasteiger partial charge in [0.25, 0.3) is 0 Å². The van der Waals surface area contributed by atoms with Crippen molar-refractivity contribution in [2.24, 2.45) is 7.05 Å². The molecule has 0 aliphatic heterocycles. The highest BCUT2D eigenvalue weighted by Crippen LogP contribution is 2.21. The fourth-order valence-corrected chi connectivity index (χ4v) is 1.93. The number of rotatable bonds is 2. The van der Waals surface area contributed by atoms with E-state index in [0.717, 1.165) is 22.4 Å². The molecule has 3 aromatic heterocycles. The van der Waals surface area contributed by atoms with Crippen LogP contribution in [-0.4, -0.2) is 25.0 Å². The van der Waals surface area contributed by atoms with E-state index in [-0.39, 0.29) is 5.92 Å². The van der Waals surface area contributed by atoms with E-state index in [1.54, 1.807) is 10.9 Å². The minimum absolute atomic E-state index is 0.128. The van der Waals surface area contributed by atoms with Crippen LogP contribution in [0.2, 0.25) is 0 Å². The molecule has 0 radical (unpaired) electrons. The van der Waals surface area contributed by atoms with E-state index >= 15 is 0 Å². The Hall–Kier alpha value is -2.30. The fraction of sp³-hybridized carbons (Fsp3) is 0.231. The molecule has 0 N–H and O–H groups in total. The number of hydrogen-bond donors (Lipinski definition) is 0. The van der Waals surface area contributed by atoms with E-state index in [9.17, 15) is 0 Å². The molecular formula is C13H13N5. The summed E-state index contributed by atoms with van der Waals surface area (Å²) < 4.78 is 1.70. The van der Waals surface area contributed by atoms with Crippen molar-refractivity contribution in [3.8, 4) is 0 Å². The molecular weight excluding hydrogens is 226 g/mol. The molecule has 90 valence electrons. The molecule has 3 aromatic rings. The van der Waals surface area contributed by atoms with Gasteiger partial charge in [-0.05, 0) is 24.3 Å². The summed E-state index contributed by atoms with van der Waals surface area (Å²) in [5, 5.41) is 8.08. The smallest absolute Gasteiger partial charge is 0.0914 e. The van der Waals surface area contributed by atoms with Crippen LogP contribution in [0.25, 0.3) is 11.0 Å². The second kappa shape index (κ2) is 4.18. The van der Waals surface area contributed by atoms with Crippen LogP contribution in [0.4, 0.5) is 0 Å². The summed E-state index contributed by atoms with van der Waals surface area (Å²) >= 11 is 0. The molecule has 1 atom stereocenters. The van der Waals surface area contributed by atoms with E-state index in [1.165, 1.54) is 0 Å². The van der Waals surface area contributed by atoms with Gasteiger partial charge < -0.3 is 0 Å². The Morgan fingerprint density at radius 2 is 2.00 bits per heavy atom. The van der Waals surface area contributed by atoms with Crippen LogP contribution >= 0.6 is 0 Å². The van der Waals surface area contributed by atoms with Crippen molar-refractivity contribution in [1.82, 2.24) is 25.0 Å². The monoisotopic (exact) mass is 239 g/mol. The zero-order chi connectivity index (χ0) is 12.5. The predicted octanol–water partition coefficient (Wildman–Crippen LogP) is 1.91. The largest absolute Gasteiger partial charge is 0.255 e. The van der Waals surface area contributed by atoms with Gasteiger partial charge in [-0.2, -0.15) is 0 Å². The lowest BCUT2D eigenvalue weighted by Crippen LogP contribution is -2.00. The van der Waals surface area contributed by atoms with E-state index in [2.05, 4.69) is 27.2 Å². The summed E-state index contributed by atoms with van der Waals surface area (Å²) in [6.07, 6.45) is 3.69. The number of nitrogens with zero attached hydrogens (tertiary/aromatic N) is 5. The normalized spacial score (nSPS) is 12.8. The van der Waals surface area contributed by atoms with Gasteiger partial charge in [-0.15, -0.1) is 5.10 Å². The van der Waals surface area contributed by atoms with Gasteiger partial charge in [-0.3, -0.25) is 14.6 Å². The minimum Gasteiger partial charge on any atom is -0.255 e. The van der Waals surface area contributed by atoms with Crippen molar-refractivity contribution in [3.63, 3.8) is 0 Å². The quantitative estimate of drug-likeness (QED) is 0.685. The van der Waals surface area contributed by atoms with E-state index < -0.39 is 0 Å². The molecule has 18 heavy (non-hydrogen) atoms. The van der Waals surface area contributed by atoms with E-state index in [1.807, 2.05) is 37.5 Å². The van der Waals surface area contributed by atoms with Crippen molar-refractivity contribution in [2.75, 3.05) is 0 Å². The molecule has 3 rings (SSSR count). The summed E-state index contributed by atoms with van der Waals surface area (Å²) in [7, 11) is 1.86. The molecule has 0 fully saturated rings. The molecule has 5 nitrogen and oxygen atoms in total. The molecule has 5 heteroatoms. The molecule has 0 aliphatic carbocycles. The zero-order valence-electron chi connectivity index (χ0n) is 10.3. The first-order chi connectivity index (χ1) is 8.74. The van der Waals surface area contributed by atoms with Gasteiger partial charge in [0.2, 0.25) is 0 Å². The first-order valence-electron chi connectivity index (χ1n) is 5.82. The van der Waals surface area contributed by atoms with Crippen LogP contribution < -0.4 is 0 Å². The van der Waals surface area contributed by atoms with E-state index in [4.69, 9.17) is 0 Å². The standard InChI is InChI=1S/C13H13N5/c1-9(13-8-18(2)17-16-13)10-5-6-11-12(15-10)4-3-7-14-11/h3-9H,1-2H3. The average Bonchev–Trinajstić information content (AvgIpc) is 2.84. The van der Waals surface area contributed by atoms with Gasteiger partial charge in [0.1, 0.15) is 0 Å². The zero-order valence-corrected chi connectivity index (χ0v) is 10.3. The van der Waals surface area contributed by atoms with E-state index in [0.29, 0.717) is 0 Å². The highest BCUT2D eigenvalue weighted by atomic mass is 15.4. The average molecular weight is 239 g/mol. The van der Waals surface area contributed by atoms with Gasteiger partial charge in [-0.1, -0.05) is 12.1 Å². The fourth-order valence-electron chi connectivity index (χ4n) is 1.93. The second-order valence-electron chi connectivity index (χ2n) is 4.32. The maximum Gasteiger partial charge on any atom is 0.0914 e. The van der Waals surface area contributed by atoms with Crippen molar-refractivity contribution < 1.29 is 0 Å². The van der Waals surface area contributed by atoms with Crippen LogP contribution in [-0.2, 0) is 7.05 Å². The maximum atomic E-state index is 4.62. The lowest BCUT2D eigenvalue weighted by Gasteiger charge is -2.08. The van der Waals surface area contributed by atoms with Crippen LogP contribution in [0.5, 0.6) is 0 Å². The Morgan fingerprint density at radius 1 is 1.11 bits per heavy atom. The molecule has 0 saturated carbocycles. The van der Waals surface area contributed by atoms with Crippen LogP contribution in [0, 0.1) is 0 Å². The van der Waals surface area contributed by atoms with Crippen molar-refractivity contribution in [2.45, 2.75) is 12.8 Å². The number of aryl methyl sites for hydroxylation is 1. The van der Waals surface area contributed by atoms with Crippen LogP contribution in [0.15, 0.2) is 36.7 Å². The topological polar surface area (TPSA) is 56.5 Å². The van der Waals surface area contributed by atoms with Crippen LogP contribution in [0.1, 0.15) is 24.2 Å². The highest BCUT2D eigenvalue weighted by Gasteiger charge is 2.13. The third-order valence-electron chi connectivity index (χ3n) is 2.99. The Balaban J connectivity index is 2.03. The van der Waals surface area contributed by atoms with Crippen molar-refractivity contribution in [3.05, 3.63) is 48.0 Å². The number of aromatic nitrogens is 5. The Kier molecular flexibility index (Phi) is 2.51. The number of hydrogen-bond acceptors (Lipinski definition) is 4. The van der Waals surface area contributed by atoms with Gasteiger partial charge in [0.05, 0.1) is 22.4 Å². The van der Waals surface area contributed by atoms with Crippen LogP contribution in [0.3, 0.4) is 0 Å². The maximum absolute atomic E-state index is 4.62. The van der Waals surface area contributed by atoms with Gasteiger partial charge in [0.15, 0.2) is 0 Å².